The zero-order valence-electron chi connectivity index (χ0n) is 7.94. The highest BCUT2D eigenvalue weighted by atomic mass is 16.5. The van der Waals surface area contributed by atoms with Gasteiger partial charge in [0.2, 0.25) is 0 Å². The summed E-state index contributed by atoms with van der Waals surface area (Å²) in [5, 5.41) is 3.46. The normalized spacial score (nSPS) is 36.8. The van der Waals surface area contributed by atoms with Crippen molar-refractivity contribution >= 4 is 0 Å². The molecule has 0 amide bonds. The van der Waals surface area contributed by atoms with E-state index in [1.807, 2.05) is 0 Å². The van der Waals surface area contributed by atoms with Crippen LogP contribution in [0.25, 0.3) is 0 Å². The van der Waals surface area contributed by atoms with E-state index in [1.165, 1.54) is 25.7 Å². The van der Waals surface area contributed by atoms with Gasteiger partial charge < -0.3 is 10.1 Å². The minimum atomic E-state index is 0.229. The molecule has 0 bridgehead atoms. The van der Waals surface area contributed by atoms with Gasteiger partial charge in [-0.2, -0.15) is 0 Å². The zero-order valence-corrected chi connectivity index (χ0v) is 7.94. The number of nitrogens with one attached hydrogen (secondary N) is 1. The minimum absolute atomic E-state index is 0.229. The molecule has 0 aromatic rings. The van der Waals surface area contributed by atoms with Crippen LogP contribution in [-0.4, -0.2) is 25.3 Å². The van der Waals surface area contributed by atoms with Crippen molar-refractivity contribution in [3.8, 4) is 0 Å². The van der Waals surface area contributed by atoms with E-state index in [0.717, 1.165) is 25.6 Å². The Morgan fingerprint density at radius 2 is 2.33 bits per heavy atom. The summed E-state index contributed by atoms with van der Waals surface area (Å²) in [6, 6.07) is 0. The van der Waals surface area contributed by atoms with Gasteiger partial charge in [0.05, 0.1) is 12.2 Å². The smallest absolute Gasteiger partial charge is 0.0834 e. The average molecular weight is 169 g/mol. The highest BCUT2D eigenvalue weighted by molar-refractivity contribution is 4.98. The average Bonchev–Trinajstić information content (AvgIpc) is 2.89. The van der Waals surface area contributed by atoms with Crippen molar-refractivity contribution in [2.24, 2.45) is 5.92 Å². The van der Waals surface area contributed by atoms with Crippen LogP contribution in [0.4, 0.5) is 0 Å². The lowest BCUT2D eigenvalue weighted by Crippen LogP contribution is -2.51. The van der Waals surface area contributed by atoms with Crippen molar-refractivity contribution < 1.29 is 4.74 Å². The Morgan fingerprint density at radius 1 is 1.50 bits per heavy atom. The largest absolute Gasteiger partial charge is 0.372 e. The zero-order chi connectivity index (χ0) is 8.44. The first-order chi connectivity index (χ1) is 5.87. The fourth-order valence-corrected chi connectivity index (χ4v) is 2.34. The number of hydrogen-bond acceptors (Lipinski definition) is 2. The maximum absolute atomic E-state index is 5.97. The number of rotatable bonds is 3. The molecule has 1 heterocycles. The third-order valence-corrected chi connectivity index (χ3v) is 3.09. The predicted octanol–water partition coefficient (Wildman–Crippen LogP) is 1.56. The maximum Gasteiger partial charge on any atom is 0.0834 e. The Hall–Kier alpha value is -0.0800. The van der Waals surface area contributed by atoms with Crippen LogP contribution >= 0.6 is 0 Å². The highest BCUT2D eigenvalue weighted by Gasteiger charge is 2.46. The van der Waals surface area contributed by atoms with Crippen LogP contribution in [0, 0.1) is 5.92 Å². The van der Waals surface area contributed by atoms with Crippen molar-refractivity contribution in [3.05, 3.63) is 0 Å². The van der Waals surface area contributed by atoms with Gasteiger partial charge in [0.25, 0.3) is 0 Å². The van der Waals surface area contributed by atoms with Gasteiger partial charge in [0.1, 0.15) is 0 Å². The van der Waals surface area contributed by atoms with E-state index in [9.17, 15) is 0 Å². The summed E-state index contributed by atoms with van der Waals surface area (Å²) in [7, 11) is 0. The van der Waals surface area contributed by atoms with Gasteiger partial charge in [-0.15, -0.1) is 0 Å². The molecule has 2 fully saturated rings. The molecular weight excluding hydrogens is 150 g/mol. The molecule has 2 rings (SSSR count). The summed E-state index contributed by atoms with van der Waals surface area (Å²) >= 11 is 0. The molecule has 2 aliphatic rings. The van der Waals surface area contributed by atoms with E-state index in [4.69, 9.17) is 4.74 Å². The molecule has 1 saturated heterocycles. The summed E-state index contributed by atoms with van der Waals surface area (Å²) < 4.78 is 5.97. The summed E-state index contributed by atoms with van der Waals surface area (Å²) in [6.45, 7) is 5.29. The third kappa shape index (κ3) is 1.50. The maximum atomic E-state index is 5.97. The van der Waals surface area contributed by atoms with Crippen molar-refractivity contribution in [1.29, 1.82) is 0 Å². The number of morpholine rings is 1. The van der Waals surface area contributed by atoms with Crippen LogP contribution in [-0.2, 0) is 4.74 Å². The Morgan fingerprint density at radius 3 is 2.83 bits per heavy atom. The van der Waals surface area contributed by atoms with Gasteiger partial charge in [-0.1, -0.05) is 13.3 Å². The standard InChI is InChI=1S/C10H19NO/c1-2-5-10(9-3-4-9)8-11-6-7-12-10/h9,11H,2-8H2,1H3. The first kappa shape index (κ1) is 8.52. The summed E-state index contributed by atoms with van der Waals surface area (Å²) in [5.74, 6) is 0.866. The highest BCUT2D eigenvalue weighted by Crippen LogP contribution is 2.44. The van der Waals surface area contributed by atoms with Crippen LogP contribution in [0.3, 0.4) is 0 Å². The molecule has 2 heteroatoms. The predicted molar refractivity (Wildman–Crippen MR) is 49.2 cm³/mol. The van der Waals surface area contributed by atoms with Crippen molar-refractivity contribution in [2.45, 2.75) is 38.2 Å². The molecule has 1 aliphatic carbocycles. The van der Waals surface area contributed by atoms with Crippen molar-refractivity contribution in [2.75, 3.05) is 19.7 Å². The molecule has 1 unspecified atom stereocenters. The van der Waals surface area contributed by atoms with Crippen LogP contribution in [0.2, 0.25) is 0 Å². The van der Waals surface area contributed by atoms with Crippen LogP contribution in [0.1, 0.15) is 32.6 Å². The quantitative estimate of drug-likeness (QED) is 0.692. The van der Waals surface area contributed by atoms with Crippen LogP contribution < -0.4 is 5.32 Å². The molecule has 70 valence electrons. The topological polar surface area (TPSA) is 21.3 Å². The second-order valence-corrected chi connectivity index (χ2v) is 4.11. The second kappa shape index (κ2) is 3.35. The first-order valence-electron chi connectivity index (χ1n) is 5.22. The van der Waals surface area contributed by atoms with E-state index >= 15 is 0 Å². The molecule has 1 N–H and O–H groups in total. The summed E-state index contributed by atoms with van der Waals surface area (Å²) in [5.41, 5.74) is 0.229. The second-order valence-electron chi connectivity index (χ2n) is 4.11. The Labute approximate surface area is 74.7 Å². The SMILES string of the molecule is CCCC1(C2CC2)CNCCO1. The fourth-order valence-electron chi connectivity index (χ4n) is 2.34. The van der Waals surface area contributed by atoms with Crippen molar-refractivity contribution in [3.63, 3.8) is 0 Å². The van der Waals surface area contributed by atoms with E-state index in [-0.39, 0.29) is 5.60 Å². The Balaban J connectivity index is 1.98. The fraction of sp³-hybridized carbons (Fsp3) is 1.00. The van der Waals surface area contributed by atoms with Crippen LogP contribution in [0.5, 0.6) is 0 Å². The lowest BCUT2D eigenvalue weighted by atomic mass is 9.91. The molecule has 0 aromatic carbocycles. The molecule has 0 spiro atoms. The lowest BCUT2D eigenvalue weighted by molar-refractivity contribution is -0.0868. The Kier molecular flexibility index (Phi) is 2.37. The van der Waals surface area contributed by atoms with Crippen LogP contribution in [0.15, 0.2) is 0 Å². The molecule has 1 saturated carbocycles. The summed E-state index contributed by atoms with van der Waals surface area (Å²) in [6.07, 6.45) is 5.27. The van der Waals surface area contributed by atoms with E-state index in [0.29, 0.717) is 0 Å². The number of ether oxygens (including phenoxy) is 1. The van der Waals surface area contributed by atoms with E-state index in [2.05, 4.69) is 12.2 Å². The summed E-state index contributed by atoms with van der Waals surface area (Å²) in [4.78, 5) is 0. The Bertz CT molecular complexity index is 142. The van der Waals surface area contributed by atoms with Gasteiger partial charge in [-0.3, -0.25) is 0 Å². The molecule has 1 atom stereocenters. The van der Waals surface area contributed by atoms with Gasteiger partial charge in [0.15, 0.2) is 0 Å². The molecule has 0 aromatic heterocycles. The minimum Gasteiger partial charge on any atom is -0.372 e. The van der Waals surface area contributed by atoms with Gasteiger partial charge in [0, 0.05) is 13.1 Å². The van der Waals surface area contributed by atoms with Gasteiger partial charge >= 0.3 is 0 Å². The van der Waals surface area contributed by atoms with Crippen molar-refractivity contribution in [1.82, 2.24) is 5.32 Å². The third-order valence-electron chi connectivity index (χ3n) is 3.09. The molecular formula is C10H19NO. The molecule has 12 heavy (non-hydrogen) atoms. The van der Waals surface area contributed by atoms with E-state index < -0.39 is 0 Å². The molecule has 2 nitrogen and oxygen atoms in total. The first-order valence-corrected chi connectivity index (χ1v) is 5.22. The molecule has 0 radical (unpaired) electrons. The molecule has 1 aliphatic heterocycles. The lowest BCUT2D eigenvalue weighted by Gasteiger charge is -2.38. The van der Waals surface area contributed by atoms with Gasteiger partial charge in [-0.05, 0) is 25.2 Å². The van der Waals surface area contributed by atoms with Gasteiger partial charge in [-0.25, -0.2) is 0 Å². The monoisotopic (exact) mass is 169 g/mol. The van der Waals surface area contributed by atoms with E-state index in [1.54, 1.807) is 0 Å². The number of hydrogen-bond donors (Lipinski definition) is 1.